The van der Waals surface area contributed by atoms with Gasteiger partial charge in [0.15, 0.2) is 5.69 Å². The lowest BCUT2D eigenvalue weighted by molar-refractivity contribution is 0.0688. The number of aromatic nitrogens is 1. The van der Waals surface area contributed by atoms with Crippen molar-refractivity contribution in [2.75, 3.05) is 13.6 Å². The molecule has 1 saturated carbocycles. The fraction of sp³-hybridized carbons (Fsp3) is 0.538. The molecular formula is C13H18N2O2. The van der Waals surface area contributed by atoms with Crippen molar-refractivity contribution >= 4 is 5.97 Å². The Bertz CT molecular complexity index is 420. The summed E-state index contributed by atoms with van der Waals surface area (Å²) in [6, 6.07) is 3.62. The van der Waals surface area contributed by atoms with Crippen molar-refractivity contribution in [3.05, 3.63) is 29.6 Å². The van der Waals surface area contributed by atoms with Crippen molar-refractivity contribution in [2.45, 2.75) is 19.9 Å². The van der Waals surface area contributed by atoms with Gasteiger partial charge in [-0.3, -0.25) is 0 Å². The van der Waals surface area contributed by atoms with Gasteiger partial charge in [-0.1, -0.05) is 13.0 Å². The first-order chi connectivity index (χ1) is 8.08. The fourth-order valence-electron chi connectivity index (χ4n) is 2.17. The first-order valence-electron chi connectivity index (χ1n) is 5.93. The topological polar surface area (TPSA) is 53.4 Å². The van der Waals surface area contributed by atoms with Crippen LogP contribution in [0.1, 0.15) is 29.4 Å². The molecule has 4 nitrogen and oxygen atoms in total. The Morgan fingerprint density at radius 1 is 1.65 bits per heavy atom. The van der Waals surface area contributed by atoms with Crippen LogP contribution in [-0.2, 0) is 6.54 Å². The number of rotatable bonds is 5. The zero-order valence-electron chi connectivity index (χ0n) is 10.3. The highest BCUT2D eigenvalue weighted by molar-refractivity contribution is 5.86. The second-order valence-electron chi connectivity index (χ2n) is 4.99. The smallest absolute Gasteiger partial charge is 0.354 e. The molecular weight excluding hydrogens is 216 g/mol. The predicted molar refractivity (Wildman–Crippen MR) is 64.8 cm³/mol. The summed E-state index contributed by atoms with van der Waals surface area (Å²) in [5, 5.41) is 9.03. The van der Waals surface area contributed by atoms with E-state index in [-0.39, 0.29) is 5.69 Å². The van der Waals surface area contributed by atoms with E-state index in [9.17, 15) is 4.79 Å². The molecule has 0 aliphatic heterocycles. The SMILES string of the molecule is CC1CC1CN(C)Cc1cccnc1C(=O)O. The van der Waals surface area contributed by atoms with Gasteiger partial charge in [0.2, 0.25) is 0 Å². The molecule has 1 aliphatic carbocycles. The van der Waals surface area contributed by atoms with Crippen LogP contribution >= 0.6 is 0 Å². The third-order valence-electron chi connectivity index (χ3n) is 3.36. The average molecular weight is 234 g/mol. The molecule has 0 radical (unpaired) electrons. The summed E-state index contributed by atoms with van der Waals surface area (Å²) < 4.78 is 0. The molecule has 1 fully saturated rings. The highest BCUT2D eigenvalue weighted by Gasteiger charge is 2.33. The quantitative estimate of drug-likeness (QED) is 0.845. The van der Waals surface area contributed by atoms with Crippen molar-refractivity contribution < 1.29 is 9.90 Å². The van der Waals surface area contributed by atoms with Crippen LogP contribution in [0.15, 0.2) is 18.3 Å². The van der Waals surface area contributed by atoms with Crippen molar-refractivity contribution in [1.29, 1.82) is 0 Å². The van der Waals surface area contributed by atoms with E-state index in [1.807, 2.05) is 13.1 Å². The van der Waals surface area contributed by atoms with Gasteiger partial charge >= 0.3 is 5.97 Å². The molecule has 1 heterocycles. The first-order valence-corrected chi connectivity index (χ1v) is 5.93. The van der Waals surface area contributed by atoms with Crippen LogP contribution in [-0.4, -0.2) is 34.6 Å². The van der Waals surface area contributed by atoms with Crippen molar-refractivity contribution in [3.8, 4) is 0 Å². The van der Waals surface area contributed by atoms with Crippen LogP contribution in [0.2, 0.25) is 0 Å². The van der Waals surface area contributed by atoms with E-state index >= 15 is 0 Å². The van der Waals surface area contributed by atoms with Gasteiger partial charge in [0.1, 0.15) is 0 Å². The number of carboxylic acid groups (broad SMARTS) is 1. The molecule has 4 heteroatoms. The highest BCUT2D eigenvalue weighted by atomic mass is 16.4. The molecule has 1 aliphatic rings. The zero-order chi connectivity index (χ0) is 12.4. The average Bonchev–Trinajstić information content (AvgIpc) is 2.94. The Morgan fingerprint density at radius 3 is 2.94 bits per heavy atom. The van der Waals surface area contributed by atoms with Crippen molar-refractivity contribution in [1.82, 2.24) is 9.88 Å². The normalized spacial score (nSPS) is 22.8. The zero-order valence-corrected chi connectivity index (χ0v) is 10.3. The van der Waals surface area contributed by atoms with Crippen LogP contribution < -0.4 is 0 Å². The molecule has 1 aromatic heterocycles. The van der Waals surface area contributed by atoms with Gasteiger partial charge in [0, 0.05) is 19.3 Å². The van der Waals surface area contributed by atoms with Gasteiger partial charge in [-0.25, -0.2) is 9.78 Å². The summed E-state index contributed by atoms with van der Waals surface area (Å²) in [6.45, 7) is 3.94. The lowest BCUT2D eigenvalue weighted by Gasteiger charge is -2.17. The van der Waals surface area contributed by atoms with Crippen LogP contribution in [0.25, 0.3) is 0 Å². The van der Waals surface area contributed by atoms with E-state index in [1.165, 1.54) is 12.6 Å². The Labute approximate surface area is 101 Å². The second kappa shape index (κ2) is 4.84. The Morgan fingerprint density at radius 2 is 2.35 bits per heavy atom. The number of carboxylic acids is 1. The van der Waals surface area contributed by atoms with Crippen LogP contribution in [0.4, 0.5) is 0 Å². The molecule has 2 rings (SSSR count). The molecule has 2 atom stereocenters. The summed E-state index contributed by atoms with van der Waals surface area (Å²) in [5.74, 6) is 0.657. The molecule has 1 N–H and O–H groups in total. The minimum atomic E-state index is -0.950. The number of hydrogen-bond acceptors (Lipinski definition) is 3. The minimum Gasteiger partial charge on any atom is -0.477 e. The maximum atomic E-state index is 11.0. The summed E-state index contributed by atoms with van der Waals surface area (Å²) in [5.41, 5.74) is 0.957. The summed E-state index contributed by atoms with van der Waals surface area (Å²) in [4.78, 5) is 17.1. The molecule has 0 spiro atoms. The Hall–Kier alpha value is -1.42. The lowest BCUT2D eigenvalue weighted by atomic mass is 10.1. The molecule has 0 saturated heterocycles. The number of nitrogens with zero attached hydrogens (tertiary/aromatic N) is 2. The van der Waals surface area contributed by atoms with Crippen molar-refractivity contribution in [2.24, 2.45) is 11.8 Å². The van der Waals surface area contributed by atoms with Crippen molar-refractivity contribution in [3.63, 3.8) is 0 Å². The van der Waals surface area contributed by atoms with E-state index in [0.29, 0.717) is 6.54 Å². The van der Waals surface area contributed by atoms with E-state index < -0.39 is 5.97 Å². The number of carbonyl (C=O) groups is 1. The van der Waals surface area contributed by atoms with Crippen LogP contribution in [0, 0.1) is 11.8 Å². The third kappa shape index (κ3) is 3.03. The number of pyridine rings is 1. The monoisotopic (exact) mass is 234 g/mol. The van der Waals surface area contributed by atoms with Gasteiger partial charge in [-0.05, 0) is 36.9 Å². The van der Waals surface area contributed by atoms with Gasteiger partial charge < -0.3 is 10.0 Å². The van der Waals surface area contributed by atoms with Gasteiger partial charge in [0.05, 0.1) is 0 Å². The molecule has 0 aromatic carbocycles. The van der Waals surface area contributed by atoms with E-state index in [0.717, 1.165) is 23.9 Å². The maximum absolute atomic E-state index is 11.0. The first kappa shape index (κ1) is 12.0. The summed E-state index contributed by atoms with van der Waals surface area (Å²) in [7, 11) is 2.03. The van der Waals surface area contributed by atoms with Gasteiger partial charge in [-0.2, -0.15) is 0 Å². The standard InChI is InChI=1S/C13H18N2O2/c1-9-6-11(9)8-15(2)7-10-4-3-5-14-12(10)13(16)17/h3-5,9,11H,6-8H2,1-2H3,(H,16,17). The number of hydrogen-bond donors (Lipinski definition) is 1. The molecule has 0 bridgehead atoms. The minimum absolute atomic E-state index is 0.170. The predicted octanol–water partition coefficient (Wildman–Crippen LogP) is 1.87. The fourth-order valence-corrected chi connectivity index (χ4v) is 2.17. The third-order valence-corrected chi connectivity index (χ3v) is 3.36. The molecule has 2 unspecified atom stereocenters. The molecule has 92 valence electrons. The van der Waals surface area contributed by atoms with Crippen LogP contribution in [0.3, 0.4) is 0 Å². The Balaban J connectivity index is 1.99. The largest absolute Gasteiger partial charge is 0.477 e. The highest BCUT2D eigenvalue weighted by Crippen LogP contribution is 2.38. The number of aromatic carboxylic acids is 1. The molecule has 17 heavy (non-hydrogen) atoms. The maximum Gasteiger partial charge on any atom is 0.354 e. The second-order valence-corrected chi connectivity index (χ2v) is 4.99. The molecule has 1 aromatic rings. The summed E-state index contributed by atoms with van der Waals surface area (Å²) >= 11 is 0. The van der Waals surface area contributed by atoms with E-state index in [4.69, 9.17) is 5.11 Å². The Kier molecular flexibility index (Phi) is 3.43. The summed E-state index contributed by atoms with van der Waals surface area (Å²) in [6.07, 6.45) is 2.82. The van der Waals surface area contributed by atoms with Crippen LogP contribution in [0.5, 0.6) is 0 Å². The lowest BCUT2D eigenvalue weighted by Crippen LogP contribution is -2.22. The van der Waals surface area contributed by atoms with Gasteiger partial charge in [-0.15, -0.1) is 0 Å². The van der Waals surface area contributed by atoms with E-state index in [1.54, 1.807) is 6.07 Å². The van der Waals surface area contributed by atoms with Gasteiger partial charge in [0.25, 0.3) is 0 Å². The molecule has 0 amide bonds. The van der Waals surface area contributed by atoms with E-state index in [2.05, 4.69) is 16.8 Å².